The molecule has 0 spiro atoms. The number of nitrogens with zero attached hydrogens (tertiary/aromatic N) is 2. The van der Waals surface area contributed by atoms with Crippen LogP contribution in [0.3, 0.4) is 0 Å². The Bertz CT molecular complexity index is 1060. The first-order valence-electron chi connectivity index (χ1n) is 8.89. The van der Waals surface area contributed by atoms with Gasteiger partial charge < -0.3 is 9.84 Å². The van der Waals surface area contributed by atoms with Crippen LogP contribution in [-0.4, -0.2) is 30.2 Å². The van der Waals surface area contributed by atoms with Crippen molar-refractivity contribution in [2.75, 3.05) is 11.1 Å². The van der Waals surface area contributed by atoms with Gasteiger partial charge in [0.05, 0.1) is 10.6 Å². The van der Waals surface area contributed by atoms with Gasteiger partial charge >= 0.3 is 0 Å². The average Bonchev–Trinajstić information content (AvgIpc) is 3.16. The van der Waals surface area contributed by atoms with E-state index >= 15 is 0 Å². The summed E-state index contributed by atoms with van der Waals surface area (Å²) in [5.74, 6) is 0.687. The summed E-state index contributed by atoms with van der Waals surface area (Å²) in [6.45, 7) is 3.59. The topological polar surface area (TPSA) is 102 Å². The number of aromatic nitrogens is 2. The molecule has 3 rings (SSSR count). The van der Waals surface area contributed by atoms with Crippen LogP contribution in [-0.2, 0) is 21.1 Å². The molecule has 146 valence electrons. The number of carbonyl (C=O) groups is 1. The Hall–Kier alpha value is -3.00. The van der Waals surface area contributed by atoms with Crippen LogP contribution in [0.2, 0.25) is 0 Å². The Morgan fingerprint density at radius 3 is 2.39 bits per heavy atom. The maximum Gasteiger partial charge on any atom is 0.227 e. The molecule has 2 aromatic carbocycles. The molecule has 8 heteroatoms. The minimum Gasteiger partial charge on any atom is -0.339 e. The third-order valence-corrected chi connectivity index (χ3v) is 5.97. The molecule has 0 aliphatic carbocycles. The fraction of sp³-hybridized carbons (Fsp3) is 0.250. The molecule has 0 fully saturated rings. The van der Waals surface area contributed by atoms with Crippen molar-refractivity contribution in [3.8, 4) is 11.4 Å². The molecular formula is C20H21N3O4S. The normalized spacial score (nSPS) is 11.4. The Labute approximate surface area is 163 Å². The van der Waals surface area contributed by atoms with Crippen molar-refractivity contribution in [1.29, 1.82) is 0 Å². The third kappa shape index (κ3) is 4.83. The van der Waals surface area contributed by atoms with E-state index in [9.17, 15) is 13.2 Å². The van der Waals surface area contributed by atoms with Crippen molar-refractivity contribution < 1.29 is 17.7 Å². The van der Waals surface area contributed by atoms with Gasteiger partial charge in [-0.05, 0) is 31.2 Å². The molecule has 0 unspecified atom stereocenters. The van der Waals surface area contributed by atoms with Gasteiger partial charge in [0, 0.05) is 24.1 Å². The highest BCUT2D eigenvalue weighted by Gasteiger charge is 2.13. The number of aryl methyl sites for hydroxylation is 2. The van der Waals surface area contributed by atoms with Crippen molar-refractivity contribution in [3.05, 3.63) is 60.0 Å². The van der Waals surface area contributed by atoms with Crippen LogP contribution in [0.1, 0.15) is 24.8 Å². The fourth-order valence-electron chi connectivity index (χ4n) is 2.53. The third-order valence-electron chi connectivity index (χ3n) is 4.22. The highest BCUT2D eigenvalue weighted by molar-refractivity contribution is 7.91. The molecule has 1 N–H and O–H groups in total. The van der Waals surface area contributed by atoms with Gasteiger partial charge in [0.15, 0.2) is 9.84 Å². The van der Waals surface area contributed by atoms with E-state index in [1.807, 2.05) is 31.2 Å². The van der Waals surface area contributed by atoms with Gasteiger partial charge in [0.1, 0.15) is 0 Å². The number of amides is 1. The molecule has 0 aliphatic heterocycles. The molecule has 0 aliphatic rings. The Balaban J connectivity index is 1.55. The summed E-state index contributed by atoms with van der Waals surface area (Å²) in [6, 6.07) is 13.9. The van der Waals surface area contributed by atoms with E-state index in [0.29, 0.717) is 23.8 Å². The van der Waals surface area contributed by atoms with Crippen LogP contribution in [0.25, 0.3) is 11.4 Å². The standard InChI is InChI=1S/C20H21N3O4S/c1-3-28(25,26)17-10-8-16(9-11-17)21-18(24)12-13-19-22-20(23-27-19)15-6-4-14(2)5-7-15/h4-11H,3,12-13H2,1-2H3,(H,21,24). The number of hydrogen-bond donors (Lipinski definition) is 1. The first-order chi connectivity index (χ1) is 13.4. The minimum atomic E-state index is -3.25. The van der Waals surface area contributed by atoms with Gasteiger partial charge in [-0.15, -0.1) is 0 Å². The zero-order valence-electron chi connectivity index (χ0n) is 15.7. The predicted octanol–water partition coefficient (Wildman–Crippen LogP) is 3.41. The average molecular weight is 399 g/mol. The number of hydrogen-bond acceptors (Lipinski definition) is 6. The van der Waals surface area contributed by atoms with Crippen molar-refractivity contribution >= 4 is 21.4 Å². The lowest BCUT2D eigenvalue weighted by atomic mass is 10.1. The predicted molar refractivity (Wildman–Crippen MR) is 106 cm³/mol. The highest BCUT2D eigenvalue weighted by atomic mass is 32.2. The van der Waals surface area contributed by atoms with E-state index in [2.05, 4.69) is 15.5 Å². The number of carbonyl (C=O) groups excluding carboxylic acids is 1. The van der Waals surface area contributed by atoms with E-state index in [4.69, 9.17) is 4.52 Å². The lowest BCUT2D eigenvalue weighted by Crippen LogP contribution is -2.12. The van der Waals surface area contributed by atoms with Crippen LogP contribution in [0.5, 0.6) is 0 Å². The maximum atomic E-state index is 12.1. The van der Waals surface area contributed by atoms with E-state index in [1.165, 1.54) is 12.1 Å². The summed E-state index contributed by atoms with van der Waals surface area (Å²) in [5, 5.41) is 6.67. The molecule has 7 nitrogen and oxygen atoms in total. The van der Waals surface area contributed by atoms with E-state index in [0.717, 1.165) is 11.1 Å². The Morgan fingerprint density at radius 1 is 1.07 bits per heavy atom. The minimum absolute atomic E-state index is 0.0352. The van der Waals surface area contributed by atoms with Crippen molar-refractivity contribution in [2.24, 2.45) is 0 Å². The monoisotopic (exact) mass is 399 g/mol. The van der Waals surface area contributed by atoms with Crippen molar-refractivity contribution in [3.63, 3.8) is 0 Å². The number of nitrogens with one attached hydrogen (secondary N) is 1. The van der Waals surface area contributed by atoms with E-state index in [1.54, 1.807) is 19.1 Å². The second-order valence-corrected chi connectivity index (χ2v) is 8.63. The number of sulfone groups is 1. The second kappa shape index (κ2) is 8.35. The lowest BCUT2D eigenvalue weighted by molar-refractivity contribution is -0.116. The van der Waals surface area contributed by atoms with Gasteiger partial charge in [-0.2, -0.15) is 4.98 Å². The number of rotatable bonds is 7. The summed E-state index contributed by atoms with van der Waals surface area (Å²) in [4.78, 5) is 16.7. The van der Waals surface area contributed by atoms with Gasteiger partial charge in [-0.1, -0.05) is 41.9 Å². The van der Waals surface area contributed by atoms with Crippen LogP contribution in [0.15, 0.2) is 57.9 Å². The van der Waals surface area contributed by atoms with Crippen LogP contribution in [0, 0.1) is 6.92 Å². The van der Waals surface area contributed by atoms with Crippen LogP contribution < -0.4 is 5.32 Å². The molecule has 0 saturated carbocycles. The Kier molecular flexibility index (Phi) is 5.89. The van der Waals surface area contributed by atoms with E-state index < -0.39 is 9.84 Å². The van der Waals surface area contributed by atoms with Crippen molar-refractivity contribution in [2.45, 2.75) is 31.6 Å². The van der Waals surface area contributed by atoms with Gasteiger partial charge in [0.25, 0.3) is 0 Å². The summed E-state index contributed by atoms with van der Waals surface area (Å²) >= 11 is 0. The molecule has 0 saturated heterocycles. The molecular weight excluding hydrogens is 378 g/mol. The SMILES string of the molecule is CCS(=O)(=O)c1ccc(NC(=O)CCc2nc(-c3ccc(C)cc3)no2)cc1. The Morgan fingerprint density at radius 2 is 1.75 bits per heavy atom. The smallest absolute Gasteiger partial charge is 0.227 e. The van der Waals surface area contributed by atoms with Crippen LogP contribution in [0.4, 0.5) is 5.69 Å². The molecule has 1 heterocycles. The first-order valence-corrected chi connectivity index (χ1v) is 10.5. The second-order valence-electron chi connectivity index (χ2n) is 6.35. The number of anilines is 1. The molecule has 3 aromatic rings. The van der Waals surface area contributed by atoms with Gasteiger partial charge in [0.2, 0.25) is 17.6 Å². The van der Waals surface area contributed by atoms with Gasteiger partial charge in [-0.25, -0.2) is 8.42 Å². The summed E-state index contributed by atoms with van der Waals surface area (Å²) in [7, 11) is -3.25. The molecule has 0 atom stereocenters. The number of benzene rings is 2. The summed E-state index contributed by atoms with van der Waals surface area (Å²) < 4.78 is 28.8. The fourth-order valence-corrected chi connectivity index (χ4v) is 3.42. The molecule has 0 radical (unpaired) electrons. The highest BCUT2D eigenvalue weighted by Crippen LogP contribution is 2.18. The van der Waals surface area contributed by atoms with Gasteiger partial charge in [-0.3, -0.25) is 4.79 Å². The van der Waals surface area contributed by atoms with Crippen LogP contribution >= 0.6 is 0 Å². The van der Waals surface area contributed by atoms with E-state index in [-0.39, 0.29) is 23.0 Å². The summed E-state index contributed by atoms with van der Waals surface area (Å²) in [5.41, 5.74) is 2.53. The summed E-state index contributed by atoms with van der Waals surface area (Å²) in [6.07, 6.45) is 0.484. The maximum absolute atomic E-state index is 12.1. The molecule has 1 aromatic heterocycles. The zero-order valence-corrected chi connectivity index (χ0v) is 16.5. The molecule has 1 amide bonds. The van der Waals surface area contributed by atoms with Crippen molar-refractivity contribution in [1.82, 2.24) is 10.1 Å². The zero-order chi connectivity index (χ0) is 20.1. The largest absolute Gasteiger partial charge is 0.339 e. The molecule has 0 bridgehead atoms. The molecule has 28 heavy (non-hydrogen) atoms. The first kappa shape index (κ1) is 19.8. The quantitative estimate of drug-likeness (QED) is 0.653. The lowest BCUT2D eigenvalue weighted by Gasteiger charge is -2.06.